The summed E-state index contributed by atoms with van der Waals surface area (Å²) in [7, 11) is 1.64. The van der Waals surface area contributed by atoms with Gasteiger partial charge in [-0.3, -0.25) is 0 Å². The molecule has 2 aromatic rings. The van der Waals surface area contributed by atoms with Crippen LogP contribution in [0.15, 0.2) is 55.1 Å². The zero-order valence-corrected chi connectivity index (χ0v) is 10.2. The lowest BCUT2D eigenvalue weighted by molar-refractivity contribution is 0.415. The van der Waals surface area contributed by atoms with E-state index in [1.54, 1.807) is 13.2 Å². The summed E-state index contributed by atoms with van der Waals surface area (Å²) in [5, 5.41) is 0. The fourth-order valence-electron chi connectivity index (χ4n) is 1.77. The van der Waals surface area contributed by atoms with Gasteiger partial charge in [-0.05, 0) is 28.8 Å². The van der Waals surface area contributed by atoms with Gasteiger partial charge in [0.05, 0.1) is 13.7 Å². The summed E-state index contributed by atoms with van der Waals surface area (Å²) in [6, 6.07) is 15.2. The van der Waals surface area contributed by atoms with Crippen LogP contribution in [0, 0.1) is 6.57 Å². The maximum Gasteiger partial charge on any atom is 0.194 e. The van der Waals surface area contributed by atoms with Crippen LogP contribution in [-0.4, -0.2) is 7.11 Å². The lowest BCUT2D eigenvalue weighted by Gasteiger charge is -2.09. The smallest absolute Gasteiger partial charge is 0.194 e. The molecule has 0 bridgehead atoms. The molecule has 0 amide bonds. The summed E-state index contributed by atoms with van der Waals surface area (Å²) in [6.45, 7) is 11.2. The zero-order chi connectivity index (χ0) is 13.0. The number of nitrogens with zero attached hydrogens (tertiary/aromatic N) is 1. The second-order valence-corrected chi connectivity index (χ2v) is 3.84. The Morgan fingerprint density at radius 3 is 2.39 bits per heavy atom. The van der Waals surface area contributed by atoms with Crippen LogP contribution in [0.5, 0.6) is 5.75 Å². The molecule has 0 N–H and O–H groups in total. The van der Waals surface area contributed by atoms with E-state index in [1.807, 2.05) is 42.5 Å². The number of hydrogen-bond donors (Lipinski definition) is 0. The predicted octanol–water partition coefficient (Wildman–Crippen LogP) is 4.31. The molecule has 2 nitrogen and oxygen atoms in total. The molecule has 0 spiro atoms. The molecular weight excluding hydrogens is 222 g/mol. The Labute approximate surface area is 107 Å². The standard InChI is InChI=1S/C16H13NO/c1-12(13-8-10-14(18-3)11-9-13)15-6-4-5-7-16(15)17-2/h4-11H,1H2,3H3. The Kier molecular flexibility index (Phi) is 3.45. The molecule has 0 saturated carbocycles. The molecule has 0 radical (unpaired) electrons. The SMILES string of the molecule is [C-]#[N+]c1ccccc1C(=C)c1ccc(OC)cc1. The molecule has 0 heterocycles. The first kappa shape index (κ1) is 11.9. The molecule has 0 unspecified atom stereocenters. The van der Waals surface area contributed by atoms with Gasteiger partial charge in [-0.2, -0.15) is 0 Å². The summed E-state index contributed by atoms with van der Waals surface area (Å²) < 4.78 is 5.12. The van der Waals surface area contributed by atoms with Gasteiger partial charge in [-0.15, -0.1) is 0 Å². The first-order chi connectivity index (χ1) is 8.76. The third kappa shape index (κ3) is 2.26. The topological polar surface area (TPSA) is 13.6 Å². The third-order valence-corrected chi connectivity index (χ3v) is 2.79. The van der Waals surface area contributed by atoms with Crippen LogP contribution in [0.25, 0.3) is 10.4 Å². The normalized spacial score (nSPS) is 9.56. The van der Waals surface area contributed by atoms with Crippen molar-refractivity contribution in [1.82, 2.24) is 0 Å². The van der Waals surface area contributed by atoms with Crippen molar-refractivity contribution in [2.75, 3.05) is 7.11 Å². The lowest BCUT2D eigenvalue weighted by Crippen LogP contribution is -1.87. The van der Waals surface area contributed by atoms with Gasteiger partial charge in [0, 0.05) is 0 Å². The van der Waals surface area contributed by atoms with E-state index in [0.717, 1.165) is 22.4 Å². The highest BCUT2D eigenvalue weighted by Gasteiger charge is 2.07. The van der Waals surface area contributed by atoms with E-state index in [-0.39, 0.29) is 0 Å². The van der Waals surface area contributed by atoms with E-state index in [4.69, 9.17) is 11.3 Å². The summed E-state index contributed by atoms with van der Waals surface area (Å²) in [5.41, 5.74) is 3.34. The Morgan fingerprint density at radius 1 is 1.11 bits per heavy atom. The quantitative estimate of drug-likeness (QED) is 0.723. The molecule has 0 aliphatic rings. The summed E-state index contributed by atoms with van der Waals surface area (Å²) >= 11 is 0. The van der Waals surface area contributed by atoms with Crippen LogP contribution in [0.4, 0.5) is 5.69 Å². The van der Waals surface area contributed by atoms with Crippen molar-refractivity contribution in [2.45, 2.75) is 0 Å². The molecule has 2 aromatic carbocycles. The van der Waals surface area contributed by atoms with Crippen molar-refractivity contribution in [3.63, 3.8) is 0 Å². The molecule has 2 heteroatoms. The van der Waals surface area contributed by atoms with Gasteiger partial charge in [-0.1, -0.05) is 43.0 Å². The van der Waals surface area contributed by atoms with Crippen LogP contribution in [0.1, 0.15) is 11.1 Å². The minimum Gasteiger partial charge on any atom is -0.497 e. The molecule has 0 saturated heterocycles. The van der Waals surface area contributed by atoms with E-state index in [2.05, 4.69) is 11.4 Å². The van der Waals surface area contributed by atoms with Crippen molar-refractivity contribution in [3.05, 3.63) is 77.7 Å². The van der Waals surface area contributed by atoms with E-state index in [1.165, 1.54) is 0 Å². The number of hydrogen-bond acceptors (Lipinski definition) is 1. The molecule has 0 aromatic heterocycles. The molecule has 18 heavy (non-hydrogen) atoms. The van der Waals surface area contributed by atoms with Gasteiger partial charge in [0.15, 0.2) is 5.69 Å². The predicted molar refractivity (Wildman–Crippen MR) is 73.8 cm³/mol. The summed E-state index contributed by atoms with van der Waals surface area (Å²) in [5.74, 6) is 0.810. The molecule has 0 aliphatic carbocycles. The van der Waals surface area contributed by atoms with E-state index in [0.29, 0.717) is 5.69 Å². The second-order valence-electron chi connectivity index (χ2n) is 3.84. The summed E-state index contributed by atoms with van der Waals surface area (Å²) in [4.78, 5) is 3.52. The number of rotatable bonds is 3. The van der Waals surface area contributed by atoms with Gasteiger partial charge in [-0.25, -0.2) is 4.85 Å². The maximum absolute atomic E-state index is 7.17. The Morgan fingerprint density at radius 2 is 1.78 bits per heavy atom. The first-order valence-electron chi connectivity index (χ1n) is 5.56. The van der Waals surface area contributed by atoms with Crippen LogP contribution in [-0.2, 0) is 0 Å². The van der Waals surface area contributed by atoms with E-state index < -0.39 is 0 Å². The molecule has 0 fully saturated rings. The monoisotopic (exact) mass is 235 g/mol. The molecular formula is C16H13NO. The molecule has 2 rings (SSSR count). The number of ether oxygens (including phenoxy) is 1. The van der Waals surface area contributed by atoms with Crippen LogP contribution in [0.3, 0.4) is 0 Å². The van der Waals surface area contributed by atoms with Crippen molar-refractivity contribution in [2.24, 2.45) is 0 Å². The van der Waals surface area contributed by atoms with E-state index in [9.17, 15) is 0 Å². The minimum atomic E-state index is 0.623. The van der Waals surface area contributed by atoms with Gasteiger partial charge in [0.2, 0.25) is 0 Å². The Hall–Kier alpha value is -2.53. The van der Waals surface area contributed by atoms with Gasteiger partial charge >= 0.3 is 0 Å². The van der Waals surface area contributed by atoms with E-state index >= 15 is 0 Å². The zero-order valence-electron chi connectivity index (χ0n) is 10.2. The summed E-state index contributed by atoms with van der Waals surface area (Å²) in [6.07, 6.45) is 0. The maximum atomic E-state index is 7.17. The number of methoxy groups -OCH3 is 1. The minimum absolute atomic E-state index is 0.623. The first-order valence-corrected chi connectivity index (χ1v) is 5.56. The fourth-order valence-corrected chi connectivity index (χ4v) is 1.77. The van der Waals surface area contributed by atoms with Crippen molar-refractivity contribution < 1.29 is 4.74 Å². The van der Waals surface area contributed by atoms with Gasteiger partial charge < -0.3 is 4.74 Å². The van der Waals surface area contributed by atoms with Crippen LogP contribution >= 0.6 is 0 Å². The lowest BCUT2D eigenvalue weighted by atomic mass is 9.98. The third-order valence-electron chi connectivity index (χ3n) is 2.79. The van der Waals surface area contributed by atoms with Crippen molar-refractivity contribution >= 4 is 11.3 Å². The molecule has 88 valence electrons. The van der Waals surface area contributed by atoms with Crippen molar-refractivity contribution in [1.29, 1.82) is 0 Å². The molecule has 0 atom stereocenters. The van der Waals surface area contributed by atoms with Gasteiger partial charge in [0.1, 0.15) is 5.75 Å². The number of benzene rings is 2. The highest BCUT2D eigenvalue weighted by Crippen LogP contribution is 2.30. The van der Waals surface area contributed by atoms with Gasteiger partial charge in [0.25, 0.3) is 0 Å². The molecule has 0 aliphatic heterocycles. The Bertz CT molecular complexity index is 606. The highest BCUT2D eigenvalue weighted by atomic mass is 16.5. The Balaban J connectivity index is 2.39. The largest absolute Gasteiger partial charge is 0.497 e. The average molecular weight is 235 g/mol. The fraction of sp³-hybridized carbons (Fsp3) is 0.0625. The number of para-hydroxylation sites is 1. The van der Waals surface area contributed by atoms with Crippen LogP contribution < -0.4 is 4.74 Å². The average Bonchev–Trinajstić information content (AvgIpc) is 2.46. The van der Waals surface area contributed by atoms with Crippen LogP contribution in [0.2, 0.25) is 0 Å². The second kappa shape index (κ2) is 5.20. The highest BCUT2D eigenvalue weighted by molar-refractivity contribution is 5.85. The van der Waals surface area contributed by atoms with Crippen molar-refractivity contribution in [3.8, 4) is 5.75 Å².